The van der Waals surface area contributed by atoms with Crippen LogP contribution in [-0.2, 0) is 14.4 Å². The fourth-order valence-corrected chi connectivity index (χ4v) is 5.61. The highest BCUT2D eigenvalue weighted by molar-refractivity contribution is 6.25. The molecule has 40 heavy (non-hydrogen) atoms. The van der Waals surface area contributed by atoms with E-state index >= 15 is 0 Å². The summed E-state index contributed by atoms with van der Waals surface area (Å²) in [7, 11) is 0. The molecule has 1 fully saturated rings. The molecule has 0 saturated carbocycles. The van der Waals surface area contributed by atoms with Gasteiger partial charge in [0.15, 0.2) is 12.1 Å². The van der Waals surface area contributed by atoms with Crippen molar-refractivity contribution < 1.29 is 14.4 Å². The number of fused-ring (bicyclic) bond motifs is 2. The number of para-hydroxylation sites is 1. The van der Waals surface area contributed by atoms with E-state index in [2.05, 4.69) is 34.6 Å². The van der Waals surface area contributed by atoms with Crippen LogP contribution in [0.5, 0.6) is 0 Å². The highest BCUT2D eigenvalue weighted by Crippen LogP contribution is 2.35. The van der Waals surface area contributed by atoms with Crippen molar-refractivity contribution in [1.29, 1.82) is 0 Å². The third-order valence-electron chi connectivity index (χ3n) is 7.60. The van der Waals surface area contributed by atoms with Gasteiger partial charge in [0, 0.05) is 6.42 Å². The standard InChI is InChI=1S/C31H24N6O3/c38-27(19-35-29-28(32-34-35)30(39)36(31(29)40)24-13-5-2-6-14-24)37-26(21-10-3-1-4-11-21)18-25(33-37)23-16-15-20-9-7-8-12-22(20)17-23/h1-17,26,28-29H,18-19H2/t26-,28-,29+/m1/s1. The topological polar surface area (TPSA) is 98.0 Å². The fourth-order valence-electron chi connectivity index (χ4n) is 5.61. The van der Waals surface area contributed by atoms with E-state index in [0.29, 0.717) is 12.1 Å². The van der Waals surface area contributed by atoms with Gasteiger partial charge in [-0.2, -0.15) is 10.2 Å². The molecule has 0 aliphatic carbocycles. The SMILES string of the molecule is O=C1[C@@H]2[C@@H](N=NN2CC(=O)N2N=C(c3ccc4ccccc4c3)C[C@@H]2c2ccccc2)C(=O)N1c1ccccc1. The molecule has 0 N–H and O–H groups in total. The lowest BCUT2D eigenvalue weighted by Crippen LogP contribution is -2.44. The lowest BCUT2D eigenvalue weighted by molar-refractivity contribution is -0.135. The van der Waals surface area contributed by atoms with Crippen LogP contribution < -0.4 is 4.90 Å². The normalized spacial score (nSPS) is 21.9. The zero-order valence-electron chi connectivity index (χ0n) is 21.4. The summed E-state index contributed by atoms with van der Waals surface area (Å²) in [5.41, 5.74) is 3.18. The van der Waals surface area contributed by atoms with Crippen LogP contribution in [0.2, 0.25) is 0 Å². The Kier molecular flexibility index (Phi) is 5.70. The Hall–Kier alpha value is -5.18. The largest absolute Gasteiger partial charge is 0.271 e. The molecule has 196 valence electrons. The molecule has 0 aromatic heterocycles. The third kappa shape index (κ3) is 3.94. The average molecular weight is 529 g/mol. The summed E-state index contributed by atoms with van der Waals surface area (Å²) in [5.74, 6) is -1.22. The summed E-state index contributed by atoms with van der Waals surface area (Å²) < 4.78 is 0. The zero-order chi connectivity index (χ0) is 27.2. The second-order valence-corrected chi connectivity index (χ2v) is 10.0. The van der Waals surface area contributed by atoms with E-state index in [1.807, 2.05) is 54.6 Å². The number of nitrogens with zero attached hydrogens (tertiary/aromatic N) is 6. The van der Waals surface area contributed by atoms with Gasteiger partial charge in [-0.15, -0.1) is 0 Å². The molecule has 0 unspecified atom stereocenters. The van der Waals surface area contributed by atoms with Gasteiger partial charge in [-0.3, -0.25) is 19.4 Å². The lowest BCUT2D eigenvalue weighted by atomic mass is 9.97. The molecule has 3 aliphatic rings. The highest BCUT2D eigenvalue weighted by atomic mass is 16.2. The van der Waals surface area contributed by atoms with Crippen LogP contribution in [0.15, 0.2) is 119 Å². The number of anilines is 1. The molecular weight excluding hydrogens is 504 g/mol. The molecule has 0 bridgehead atoms. The van der Waals surface area contributed by atoms with Gasteiger partial charge >= 0.3 is 0 Å². The molecule has 9 heteroatoms. The van der Waals surface area contributed by atoms with Crippen molar-refractivity contribution in [3.05, 3.63) is 114 Å². The maximum Gasteiger partial charge on any atom is 0.264 e. The molecule has 0 spiro atoms. The third-order valence-corrected chi connectivity index (χ3v) is 7.60. The van der Waals surface area contributed by atoms with Crippen molar-refractivity contribution in [3.63, 3.8) is 0 Å². The molecule has 9 nitrogen and oxygen atoms in total. The summed E-state index contributed by atoms with van der Waals surface area (Å²) in [6, 6.07) is 30.5. The molecule has 1 saturated heterocycles. The van der Waals surface area contributed by atoms with Crippen molar-refractivity contribution in [1.82, 2.24) is 10.0 Å². The molecule has 4 aromatic carbocycles. The summed E-state index contributed by atoms with van der Waals surface area (Å²) >= 11 is 0. The van der Waals surface area contributed by atoms with E-state index in [0.717, 1.165) is 32.5 Å². The maximum absolute atomic E-state index is 13.8. The van der Waals surface area contributed by atoms with Crippen LogP contribution in [0.1, 0.15) is 23.6 Å². The van der Waals surface area contributed by atoms with Gasteiger partial charge in [0.05, 0.1) is 17.4 Å². The first-order valence-corrected chi connectivity index (χ1v) is 13.1. The maximum atomic E-state index is 13.8. The molecule has 0 radical (unpaired) electrons. The Bertz CT molecular complexity index is 1700. The van der Waals surface area contributed by atoms with E-state index < -0.39 is 23.9 Å². The minimum absolute atomic E-state index is 0.232. The van der Waals surface area contributed by atoms with Crippen LogP contribution in [0, 0.1) is 0 Å². The molecule has 3 amide bonds. The summed E-state index contributed by atoms with van der Waals surface area (Å²) in [6.45, 7) is -0.232. The van der Waals surface area contributed by atoms with Crippen molar-refractivity contribution in [2.24, 2.45) is 15.4 Å². The fraction of sp³-hybridized carbons (Fsp3) is 0.161. The second-order valence-electron chi connectivity index (χ2n) is 10.0. The van der Waals surface area contributed by atoms with Crippen LogP contribution >= 0.6 is 0 Å². The van der Waals surface area contributed by atoms with Crippen LogP contribution in [-0.4, -0.2) is 52.1 Å². The quantitative estimate of drug-likeness (QED) is 0.356. The number of carbonyl (C=O) groups is 3. The van der Waals surface area contributed by atoms with Gasteiger partial charge in [-0.25, -0.2) is 9.91 Å². The van der Waals surface area contributed by atoms with Crippen molar-refractivity contribution >= 4 is 39.9 Å². The molecule has 3 heterocycles. The summed E-state index contributed by atoms with van der Waals surface area (Å²) in [6.07, 6.45) is 0.543. The second kappa shape index (κ2) is 9.53. The number of hydrazone groups is 1. The monoisotopic (exact) mass is 528 g/mol. The van der Waals surface area contributed by atoms with Crippen molar-refractivity contribution in [3.8, 4) is 0 Å². The first-order valence-electron chi connectivity index (χ1n) is 13.1. The van der Waals surface area contributed by atoms with Gasteiger partial charge < -0.3 is 0 Å². The Labute approximate surface area is 230 Å². The molecule has 7 rings (SSSR count). The number of carbonyl (C=O) groups excluding carboxylic acids is 3. The highest BCUT2D eigenvalue weighted by Gasteiger charge is 2.55. The number of hydrogen-bond acceptors (Lipinski definition) is 7. The van der Waals surface area contributed by atoms with Gasteiger partial charge in [-0.1, -0.05) is 90.2 Å². The first-order chi connectivity index (χ1) is 19.6. The van der Waals surface area contributed by atoms with Gasteiger partial charge in [0.1, 0.15) is 6.54 Å². The minimum Gasteiger partial charge on any atom is -0.271 e. The van der Waals surface area contributed by atoms with E-state index in [1.165, 1.54) is 10.0 Å². The molecule has 4 aromatic rings. The first kappa shape index (κ1) is 23.9. The van der Waals surface area contributed by atoms with Gasteiger partial charge in [-0.05, 0) is 40.1 Å². The Morgan fingerprint density at radius 1 is 0.800 bits per heavy atom. The van der Waals surface area contributed by atoms with E-state index in [9.17, 15) is 14.4 Å². The lowest BCUT2D eigenvalue weighted by Gasteiger charge is -2.25. The van der Waals surface area contributed by atoms with E-state index in [-0.39, 0.29) is 18.5 Å². The summed E-state index contributed by atoms with van der Waals surface area (Å²) in [5, 5.41) is 18.0. The molecular formula is C31H24N6O3. The Morgan fingerprint density at radius 3 is 2.27 bits per heavy atom. The minimum atomic E-state index is -0.972. The number of amides is 3. The van der Waals surface area contributed by atoms with E-state index in [4.69, 9.17) is 5.10 Å². The predicted octanol–water partition coefficient (Wildman–Crippen LogP) is 4.51. The van der Waals surface area contributed by atoms with Crippen molar-refractivity contribution in [2.45, 2.75) is 24.5 Å². The predicted molar refractivity (Wildman–Crippen MR) is 149 cm³/mol. The smallest absolute Gasteiger partial charge is 0.264 e. The number of benzene rings is 4. The van der Waals surface area contributed by atoms with Crippen LogP contribution in [0.4, 0.5) is 5.69 Å². The van der Waals surface area contributed by atoms with Gasteiger partial charge in [0.2, 0.25) is 0 Å². The van der Waals surface area contributed by atoms with Crippen LogP contribution in [0.3, 0.4) is 0 Å². The number of hydrogen-bond donors (Lipinski definition) is 0. The Balaban J connectivity index is 1.17. The number of imide groups is 1. The summed E-state index contributed by atoms with van der Waals surface area (Å²) in [4.78, 5) is 41.3. The van der Waals surface area contributed by atoms with Crippen molar-refractivity contribution in [2.75, 3.05) is 11.4 Å². The number of rotatable bonds is 5. The Morgan fingerprint density at radius 2 is 1.50 bits per heavy atom. The average Bonchev–Trinajstić information content (AvgIpc) is 3.69. The van der Waals surface area contributed by atoms with Crippen LogP contribution in [0.25, 0.3) is 10.8 Å². The van der Waals surface area contributed by atoms with E-state index in [1.54, 1.807) is 24.3 Å². The zero-order valence-corrected chi connectivity index (χ0v) is 21.4. The van der Waals surface area contributed by atoms with Gasteiger partial charge in [0.25, 0.3) is 17.7 Å². The molecule has 3 aliphatic heterocycles. The molecule has 3 atom stereocenters.